The fourth-order valence-electron chi connectivity index (χ4n) is 3.10. The van der Waals surface area contributed by atoms with Gasteiger partial charge in [0.1, 0.15) is 10.7 Å². The monoisotopic (exact) mass is 393 g/mol. The number of aliphatic imine (C=N–C) groups is 1. The van der Waals surface area contributed by atoms with Crippen LogP contribution in [-0.4, -0.2) is 33.1 Å². The zero-order valence-corrected chi connectivity index (χ0v) is 15.3. The summed E-state index contributed by atoms with van der Waals surface area (Å²) in [6, 6.07) is 8.79. The predicted octanol–water partition coefficient (Wildman–Crippen LogP) is 4.24. The number of halogens is 1. The standard InChI is InChI=1S/C19H12ClN5O3/c1-9-8-22-16-15-10-2-5-14(28-19-21-7-6-13(20)25-19)24-11(10)3-4-12(15)27-17(16)18(26)23-9/h2-7,22H,8H2,1H3. The van der Waals surface area contributed by atoms with Crippen molar-refractivity contribution in [3.63, 3.8) is 0 Å². The van der Waals surface area contributed by atoms with E-state index in [-0.39, 0.29) is 16.9 Å². The molecule has 1 aliphatic rings. The minimum absolute atomic E-state index is 0.109. The molecule has 0 bridgehead atoms. The lowest BCUT2D eigenvalue weighted by Gasteiger charge is -2.06. The van der Waals surface area contributed by atoms with Crippen molar-refractivity contribution in [2.24, 2.45) is 4.99 Å². The van der Waals surface area contributed by atoms with Gasteiger partial charge in [0.25, 0.3) is 0 Å². The van der Waals surface area contributed by atoms with Gasteiger partial charge in [-0.3, -0.25) is 4.79 Å². The molecule has 1 N–H and O–H groups in total. The number of furan rings is 1. The first-order valence-corrected chi connectivity index (χ1v) is 8.81. The maximum Gasteiger partial charge on any atom is 0.324 e. The molecule has 5 rings (SSSR count). The number of ether oxygens (including phenoxy) is 1. The summed E-state index contributed by atoms with van der Waals surface area (Å²) < 4.78 is 11.4. The molecule has 0 atom stereocenters. The summed E-state index contributed by atoms with van der Waals surface area (Å²) in [6.07, 6.45) is 1.50. The summed E-state index contributed by atoms with van der Waals surface area (Å²) in [6.45, 7) is 2.25. The highest BCUT2D eigenvalue weighted by Gasteiger charge is 2.24. The molecule has 138 valence electrons. The number of amides is 1. The molecule has 0 saturated heterocycles. The number of carbonyl (C=O) groups excluding carboxylic acids is 1. The van der Waals surface area contributed by atoms with Crippen LogP contribution in [0, 0.1) is 0 Å². The molecule has 3 aromatic heterocycles. The van der Waals surface area contributed by atoms with Crippen molar-refractivity contribution >= 4 is 50.8 Å². The van der Waals surface area contributed by atoms with Crippen LogP contribution in [0.4, 0.5) is 5.69 Å². The quantitative estimate of drug-likeness (QED) is 0.508. The van der Waals surface area contributed by atoms with Gasteiger partial charge in [-0.05, 0) is 31.2 Å². The van der Waals surface area contributed by atoms with Crippen molar-refractivity contribution in [2.75, 3.05) is 11.9 Å². The second-order valence-electron chi connectivity index (χ2n) is 6.23. The summed E-state index contributed by atoms with van der Waals surface area (Å²) >= 11 is 5.86. The normalized spacial score (nSPS) is 13.8. The average Bonchev–Trinajstić information content (AvgIpc) is 2.99. The summed E-state index contributed by atoms with van der Waals surface area (Å²) in [7, 11) is 0. The third kappa shape index (κ3) is 2.74. The molecule has 0 radical (unpaired) electrons. The Labute approximate surface area is 163 Å². The van der Waals surface area contributed by atoms with Crippen molar-refractivity contribution in [2.45, 2.75) is 6.92 Å². The van der Waals surface area contributed by atoms with Gasteiger partial charge in [-0.2, -0.15) is 4.98 Å². The minimum atomic E-state index is -0.395. The second kappa shape index (κ2) is 6.28. The van der Waals surface area contributed by atoms with Crippen LogP contribution in [0.3, 0.4) is 0 Å². The first-order chi connectivity index (χ1) is 13.6. The van der Waals surface area contributed by atoms with Gasteiger partial charge in [0.15, 0.2) is 0 Å². The van der Waals surface area contributed by atoms with Gasteiger partial charge in [0.05, 0.1) is 23.1 Å². The van der Waals surface area contributed by atoms with Crippen molar-refractivity contribution in [1.82, 2.24) is 15.0 Å². The minimum Gasteiger partial charge on any atom is -0.449 e. The Balaban J connectivity index is 1.62. The Morgan fingerprint density at radius 2 is 2.07 bits per heavy atom. The van der Waals surface area contributed by atoms with Gasteiger partial charge < -0.3 is 14.5 Å². The Kier molecular flexibility index (Phi) is 3.73. The molecule has 28 heavy (non-hydrogen) atoms. The topological polar surface area (TPSA) is 102 Å². The molecule has 1 aliphatic heterocycles. The Hall–Kier alpha value is -3.52. The van der Waals surface area contributed by atoms with Gasteiger partial charge in [-0.25, -0.2) is 15.0 Å². The van der Waals surface area contributed by atoms with E-state index in [9.17, 15) is 4.79 Å². The molecule has 1 amide bonds. The highest BCUT2D eigenvalue weighted by Crippen LogP contribution is 2.38. The number of nitrogens with zero attached hydrogens (tertiary/aromatic N) is 4. The number of pyridine rings is 1. The average molecular weight is 394 g/mol. The lowest BCUT2D eigenvalue weighted by molar-refractivity contribution is 0.0980. The number of fused-ring (bicyclic) bond motifs is 5. The summed E-state index contributed by atoms with van der Waals surface area (Å²) in [5, 5.41) is 5.12. The van der Waals surface area contributed by atoms with E-state index in [0.29, 0.717) is 34.9 Å². The van der Waals surface area contributed by atoms with Crippen molar-refractivity contribution in [1.29, 1.82) is 0 Å². The zero-order valence-electron chi connectivity index (χ0n) is 14.6. The number of carbonyl (C=O) groups is 1. The van der Waals surface area contributed by atoms with Crippen LogP contribution < -0.4 is 10.1 Å². The first kappa shape index (κ1) is 16.6. The van der Waals surface area contributed by atoms with Crippen molar-refractivity contribution in [3.05, 3.63) is 47.4 Å². The fourth-order valence-corrected chi connectivity index (χ4v) is 3.23. The third-order valence-electron chi connectivity index (χ3n) is 4.30. The van der Waals surface area contributed by atoms with Crippen LogP contribution in [0.5, 0.6) is 11.9 Å². The van der Waals surface area contributed by atoms with Crippen molar-refractivity contribution in [3.8, 4) is 11.9 Å². The van der Waals surface area contributed by atoms with E-state index in [0.717, 1.165) is 10.8 Å². The van der Waals surface area contributed by atoms with Crippen LogP contribution in [0.1, 0.15) is 17.5 Å². The Bertz CT molecular complexity index is 1300. The predicted molar refractivity (Wildman–Crippen MR) is 105 cm³/mol. The van der Waals surface area contributed by atoms with E-state index in [1.54, 1.807) is 31.2 Å². The molecule has 0 fully saturated rings. The molecule has 0 aliphatic carbocycles. The molecule has 8 nitrogen and oxygen atoms in total. The van der Waals surface area contributed by atoms with E-state index in [1.165, 1.54) is 6.20 Å². The number of anilines is 1. The SMILES string of the molecule is CC1=NC(=O)c2oc3ccc4nc(Oc5nccc(Cl)n5)ccc4c3c2NC1. The van der Waals surface area contributed by atoms with Crippen LogP contribution in [0.15, 0.2) is 45.9 Å². The fraction of sp³-hybridized carbons (Fsp3) is 0.105. The molecule has 0 spiro atoms. The molecule has 1 aromatic carbocycles. The van der Waals surface area contributed by atoms with E-state index in [2.05, 4.69) is 25.3 Å². The van der Waals surface area contributed by atoms with E-state index < -0.39 is 5.91 Å². The molecule has 0 unspecified atom stereocenters. The molecule has 0 saturated carbocycles. The zero-order chi connectivity index (χ0) is 19.3. The number of hydrogen-bond acceptors (Lipinski definition) is 7. The number of aromatic nitrogens is 3. The van der Waals surface area contributed by atoms with Gasteiger partial charge >= 0.3 is 11.9 Å². The van der Waals surface area contributed by atoms with Crippen molar-refractivity contribution < 1.29 is 13.9 Å². The third-order valence-corrected chi connectivity index (χ3v) is 4.51. The second-order valence-corrected chi connectivity index (χ2v) is 6.62. The summed E-state index contributed by atoms with van der Waals surface area (Å²) in [5.41, 5.74) is 2.58. The highest BCUT2D eigenvalue weighted by molar-refractivity contribution is 6.29. The first-order valence-electron chi connectivity index (χ1n) is 8.43. The molecular weight excluding hydrogens is 382 g/mol. The number of hydrogen-bond donors (Lipinski definition) is 1. The molecule has 4 heterocycles. The van der Waals surface area contributed by atoms with Gasteiger partial charge in [0.2, 0.25) is 11.6 Å². The van der Waals surface area contributed by atoms with E-state index in [1.807, 2.05) is 6.07 Å². The van der Waals surface area contributed by atoms with Gasteiger partial charge in [0, 0.05) is 23.4 Å². The van der Waals surface area contributed by atoms with Crippen LogP contribution in [0.25, 0.3) is 21.9 Å². The Morgan fingerprint density at radius 3 is 2.93 bits per heavy atom. The smallest absolute Gasteiger partial charge is 0.324 e. The lowest BCUT2D eigenvalue weighted by atomic mass is 10.1. The summed E-state index contributed by atoms with van der Waals surface area (Å²) in [4.78, 5) is 28.9. The molecule has 9 heteroatoms. The lowest BCUT2D eigenvalue weighted by Crippen LogP contribution is -2.08. The summed E-state index contributed by atoms with van der Waals surface area (Å²) in [5.74, 6) is 0.131. The highest BCUT2D eigenvalue weighted by atomic mass is 35.5. The number of benzene rings is 1. The molecular formula is C19H12ClN5O3. The van der Waals surface area contributed by atoms with Gasteiger partial charge in [-0.1, -0.05) is 11.6 Å². The number of rotatable bonds is 2. The van der Waals surface area contributed by atoms with Gasteiger partial charge in [-0.15, -0.1) is 0 Å². The maximum atomic E-state index is 12.3. The van der Waals surface area contributed by atoms with Crippen LogP contribution >= 0.6 is 11.6 Å². The largest absolute Gasteiger partial charge is 0.449 e. The maximum absolute atomic E-state index is 12.3. The molecule has 4 aromatic rings. The van der Waals surface area contributed by atoms with E-state index >= 15 is 0 Å². The van der Waals surface area contributed by atoms with Crippen LogP contribution in [0.2, 0.25) is 5.15 Å². The number of nitrogens with one attached hydrogen (secondary N) is 1. The van der Waals surface area contributed by atoms with E-state index in [4.69, 9.17) is 20.8 Å². The Morgan fingerprint density at radius 1 is 1.18 bits per heavy atom. The van der Waals surface area contributed by atoms with Crippen LogP contribution in [-0.2, 0) is 0 Å².